The van der Waals surface area contributed by atoms with Crippen LogP contribution < -0.4 is 5.43 Å². The second-order valence-electron chi connectivity index (χ2n) is 5.48. The first-order valence-corrected chi connectivity index (χ1v) is 6.29. The number of non-ortho nitro benzene ring substituents is 1. The highest BCUT2D eigenvalue weighted by atomic mass is 16.6. The van der Waals surface area contributed by atoms with E-state index in [1.54, 1.807) is 26.8 Å². The first kappa shape index (κ1) is 17.7. The number of carbonyl (C=O) groups is 1. The van der Waals surface area contributed by atoms with Gasteiger partial charge in [0.25, 0.3) is 5.69 Å². The third-order valence-corrected chi connectivity index (χ3v) is 2.68. The van der Waals surface area contributed by atoms with Gasteiger partial charge in [0.2, 0.25) is 5.71 Å². The Labute approximate surface area is 130 Å². The van der Waals surface area contributed by atoms with Crippen LogP contribution in [0.15, 0.2) is 23.3 Å². The SMILES string of the molecule is CC(C)(C)C(=O)/C(C#N)=N/Nc1ccc([N+](=O)[O-])cc1[N+](=O)[O-]. The topological polar surface area (TPSA) is 152 Å². The minimum Gasteiger partial charge on any atom is -0.291 e. The number of nitriles is 1. The summed E-state index contributed by atoms with van der Waals surface area (Å²) in [4.78, 5) is 32.0. The summed E-state index contributed by atoms with van der Waals surface area (Å²) in [6.07, 6.45) is 0. The van der Waals surface area contributed by atoms with Gasteiger partial charge in [0, 0.05) is 11.5 Å². The smallest absolute Gasteiger partial charge is 0.291 e. The van der Waals surface area contributed by atoms with Crippen LogP contribution in [0, 0.1) is 37.0 Å². The van der Waals surface area contributed by atoms with Gasteiger partial charge in [-0.1, -0.05) is 20.8 Å². The lowest BCUT2D eigenvalue weighted by atomic mass is 9.88. The Balaban J connectivity index is 3.21. The van der Waals surface area contributed by atoms with Crippen LogP contribution in [-0.2, 0) is 4.79 Å². The van der Waals surface area contributed by atoms with Crippen molar-refractivity contribution >= 4 is 28.6 Å². The third-order valence-electron chi connectivity index (χ3n) is 2.68. The van der Waals surface area contributed by atoms with E-state index in [0.29, 0.717) is 0 Å². The number of ketones is 1. The maximum absolute atomic E-state index is 12.0. The molecule has 0 spiro atoms. The molecule has 0 amide bonds. The van der Waals surface area contributed by atoms with Gasteiger partial charge in [0.1, 0.15) is 11.8 Å². The van der Waals surface area contributed by atoms with Crippen LogP contribution in [0.25, 0.3) is 0 Å². The zero-order valence-corrected chi connectivity index (χ0v) is 12.6. The van der Waals surface area contributed by atoms with Gasteiger partial charge in [-0.15, -0.1) is 0 Å². The number of hydrazone groups is 1. The molecule has 0 aliphatic rings. The second-order valence-corrected chi connectivity index (χ2v) is 5.48. The van der Waals surface area contributed by atoms with E-state index in [4.69, 9.17) is 5.26 Å². The number of nitrogens with zero attached hydrogens (tertiary/aromatic N) is 4. The molecule has 0 aliphatic carbocycles. The van der Waals surface area contributed by atoms with Crippen molar-refractivity contribution in [2.45, 2.75) is 20.8 Å². The fourth-order valence-corrected chi connectivity index (χ4v) is 1.48. The normalized spacial score (nSPS) is 11.5. The maximum atomic E-state index is 12.0. The van der Waals surface area contributed by atoms with Crippen molar-refractivity contribution in [3.8, 4) is 6.07 Å². The van der Waals surface area contributed by atoms with Crippen molar-refractivity contribution in [3.05, 3.63) is 38.4 Å². The van der Waals surface area contributed by atoms with Crippen LogP contribution in [0.5, 0.6) is 0 Å². The molecular weight excluding hydrogens is 306 g/mol. The predicted octanol–water partition coefficient (Wildman–Crippen LogP) is 2.41. The van der Waals surface area contributed by atoms with Crippen LogP contribution in [0.1, 0.15) is 20.8 Å². The molecule has 0 unspecified atom stereocenters. The molecule has 1 aromatic carbocycles. The summed E-state index contributed by atoms with van der Waals surface area (Å²) in [5.41, 5.74) is -0.284. The molecule has 0 bridgehead atoms. The number of rotatable bonds is 5. The molecule has 10 nitrogen and oxygen atoms in total. The zero-order valence-electron chi connectivity index (χ0n) is 12.6. The Hall–Kier alpha value is -3.35. The minimum atomic E-state index is -0.850. The molecular formula is C13H13N5O5. The van der Waals surface area contributed by atoms with E-state index in [2.05, 4.69) is 10.5 Å². The Morgan fingerprint density at radius 3 is 2.30 bits per heavy atom. The van der Waals surface area contributed by atoms with E-state index >= 15 is 0 Å². The molecule has 10 heteroatoms. The first-order chi connectivity index (χ1) is 10.6. The number of nitro benzene ring substituents is 2. The van der Waals surface area contributed by atoms with Crippen LogP contribution in [-0.4, -0.2) is 21.3 Å². The fourth-order valence-electron chi connectivity index (χ4n) is 1.48. The van der Waals surface area contributed by atoms with Gasteiger partial charge in [-0.2, -0.15) is 10.4 Å². The molecule has 0 radical (unpaired) electrons. The van der Waals surface area contributed by atoms with Gasteiger partial charge in [-0.3, -0.25) is 30.4 Å². The zero-order chi connectivity index (χ0) is 17.8. The van der Waals surface area contributed by atoms with Crippen LogP contribution in [0.2, 0.25) is 0 Å². The van der Waals surface area contributed by atoms with Gasteiger partial charge in [-0.25, -0.2) is 0 Å². The van der Waals surface area contributed by atoms with Gasteiger partial charge >= 0.3 is 5.69 Å². The second kappa shape index (κ2) is 6.61. The quantitative estimate of drug-likeness (QED) is 0.496. The van der Waals surface area contributed by atoms with Crippen molar-refractivity contribution in [3.63, 3.8) is 0 Å². The lowest BCUT2D eigenvalue weighted by Gasteiger charge is -2.14. The molecule has 1 rings (SSSR count). The summed E-state index contributed by atoms with van der Waals surface area (Å²) in [7, 11) is 0. The number of hydrogen-bond donors (Lipinski definition) is 1. The Bertz CT molecular complexity index is 742. The summed E-state index contributed by atoms with van der Waals surface area (Å²) in [5.74, 6) is -0.544. The maximum Gasteiger partial charge on any atom is 0.301 e. The van der Waals surface area contributed by atoms with E-state index in [9.17, 15) is 25.0 Å². The molecule has 0 aromatic heterocycles. The van der Waals surface area contributed by atoms with Crippen LogP contribution in [0.3, 0.4) is 0 Å². The van der Waals surface area contributed by atoms with Crippen molar-refractivity contribution in [2.75, 3.05) is 5.43 Å². The fraction of sp³-hybridized carbons (Fsp3) is 0.308. The van der Waals surface area contributed by atoms with Gasteiger partial charge in [-0.05, 0) is 6.07 Å². The third kappa shape index (κ3) is 4.31. The molecule has 0 heterocycles. The first-order valence-electron chi connectivity index (χ1n) is 6.29. The highest BCUT2D eigenvalue weighted by molar-refractivity contribution is 6.47. The van der Waals surface area contributed by atoms with Crippen molar-refractivity contribution < 1.29 is 14.6 Å². The lowest BCUT2D eigenvalue weighted by molar-refractivity contribution is -0.393. The standard InChI is InChI=1S/C13H13N5O5/c1-13(2,3)12(19)10(7-14)16-15-9-5-4-8(17(20)21)6-11(9)18(22)23/h4-6,15H,1-3H3/b16-10+. The molecule has 1 N–H and O–H groups in total. The van der Waals surface area contributed by atoms with Crippen LogP contribution in [0.4, 0.5) is 17.1 Å². The molecule has 1 aromatic rings. The van der Waals surface area contributed by atoms with Crippen LogP contribution >= 0.6 is 0 Å². The summed E-state index contributed by atoms with van der Waals surface area (Å²) in [6, 6.07) is 4.50. The van der Waals surface area contributed by atoms with E-state index in [1.807, 2.05) is 0 Å². The van der Waals surface area contributed by atoms with Gasteiger partial charge < -0.3 is 0 Å². The highest BCUT2D eigenvalue weighted by Crippen LogP contribution is 2.29. The molecule has 0 fully saturated rings. The van der Waals surface area contributed by atoms with Crippen molar-refractivity contribution in [2.24, 2.45) is 10.5 Å². The largest absolute Gasteiger partial charge is 0.301 e. The summed E-state index contributed by atoms with van der Waals surface area (Å²) >= 11 is 0. The number of benzene rings is 1. The Morgan fingerprint density at radius 2 is 1.87 bits per heavy atom. The average Bonchev–Trinajstić information content (AvgIpc) is 2.46. The molecule has 23 heavy (non-hydrogen) atoms. The van der Waals surface area contributed by atoms with Gasteiger partial charge in [0.15, 0.2) is 5.78 Å². The summed E-state index contributed by atoms with van der Waals surface area (Å²) in [5, 5.41) is 34.2. The number of carbonyl (C=O) groups excluding carboxylic acids is 1. The molecule has 0 saturated carbocycles. The molecule has 0 aliphatic heterocycles. The van der Waals surface area contributed by atoms with E-state index in [1.165, 1.54) is 0 Å². The molecule has 120 valence electrons. The molecule has 0 atom stereocenters. The predicted molar refractivity (Wildman–Crippen MR) is 80.9 cm³/mol. The number of nitrogens with one attached hydrogen (secondary N) is 1. The monoisotopic (exact) mass is 319 g/mol. The van der Waals surface area contributed by atoms with E-state index in [-0.39, 0.29) is 5.69 Å². The molecule has 0 saturated heterocycles. The van der Waals surface area contributed by atoms with Crippen molar-refractivity contribution in [1.82, 2.24) is 0 Å². The number of anilines is 1. The van der Waals surface area contributed by atoms with Gasteiger partial charge in [0.05, 0.1) is 15.9 Å². The Morgan fingerprint density at radius 1 is 1.26 bits per heavy atom. The average molecular weight is 319 g/mol. The van der Waals surface area contributed by atoms with Crippen molar-refractivity contribution in [1.29, 1.82) is 5.26 Å². The number of Topliss-reactive ketones (excluding diaryl/α,β-unsaturated/α-hetero) is 1. The number of nitro groups is 2. The highest BCUT2D eigenvalue weighted by Gasteiger charge is 2.27. The number of hydrogen-bond acceptors (Lipinski definition) is 8. The lowest BCUT2D eigenvalue weighted by Crippen LogP contribution is -2.28. The van der Waals surface area contributed by atoms with E-state index in [0.717, 1.165) is 18.2 Å². The Kier molecular flexibility index (Phi) is 5.09. The van der Waals surface area contributed by atoms with E-state index < -0.39 is 38.1 Å². The summed E-state index contributed by atoms with van der Waals surface area (Å²) < 4.78 is 0. The summed E-state index contributed by atoms with van der Waals surface area (Å²) in [6.45, 7) is 4.78. The minimum absolute atomic E-state index is 0.171.